The minimum Gasteiger partial charge on any atom is -0.394 e. The molecule has 19 heteroatoms. The maximum absolute atomic E-state index is 13.2. The van der Waals surface area contributed by atoms with E-state index < -0.39 is 124 Å². The Morgan fingerprint density at radius 1 is 0.432 bits per heavy atom. The van der Waals surface area contributed by atoms with Crippen molar-refractivity contribution in [1.29, 1.82) is 0 Å². The highest BCUT2D eigenvalue weighted by atomic mass is 16.8. The van der Waals surface area contributed by atoms with Crippen molar-refractivity contribution in [2.24, 2.45) is 0 Å². The van der Waals surface area contributed by atoms with E-state index in [1.807, 2.05) is 6.08 Å². The fraction of sp³-hybridized carbons (Fsp3) is 0.919. The van der Waals surface area contributed by atoms with Gasteiger partial charge in [-0.3, -0.25) is 4.79 Å². The summed E-state index contributed by atoms with van der Waals surface area (Å²) in [5.74, 6) is -0.288. The summed E-state index contributed by atoms with van der Waals surface area (Å²) < 4.78 is 34.2. The molecule has 12 N–H and O–H groups in total. The summed E-state index contributed by atoms with van der Waals surface area (Å²) in [5, 5.41) is 120. The molecule has 81 heavy (non-hydrogen) atoms. The average molecular weight is 1160 g/mol. The minimum atomic E-state index is -1.98. The van der Waals surface area contributed by atoms with Gasteiger partial charge in [0.2, 0.25) is 5.91 Å². The van der Waals surface area contributed by atoms with E-state index in [9.17, 15) is 61.0 Å². The van der Waals surface area contributed by atoms with Crippen molar-refractivity contribution in [2.45, 2.75) is 336 Å². The van der Waals surface area contributed by atoms with Gasteiger partial charge in [-0.25, -0.2) is 0 Å². The molecule has 3 aliphatic rings. The number of unbranched alkanes of at least 4 members (excludes halogenated alkanes) is 30. The molecule has 0 aromatic heterocycles. The molecular formula is C62H115NO18. The molecule has 3 heterocycles. The summed E-state index contributed by atoms with van der Waals surface area (Å²) in [5.41, 5.74) is 0. The summed E-state index contributed by atoms with van der Waals surface area (Å²) in [6.45, 7) is 1.68. The van der Waals surface area contributed by atoms with Crippen LogP contribution in [0.3, 0.4) is 0 Å². The lowest BCUT2D eigenvalue weighted by molar-refractivity contribution is -0.379. The third-order valence-electron chi connectivity index (χ3n) is 16.3. The molecule has 0 saturated carbocycles. The van der Waals surface area contributed by atoms with E-state index in [0.717, 1.165) is 38.5 Å². The predicted octanol–water partition coefficient (Wildman–Crippen LogP) is 6.71. The van der Waals surface area contributed by atoms with Crippen LogP contribution < -0.4 is 5.32 Å². The molecule has 476 valence electrons. The highest BCUT2D eigenvalue weighted by molar-refractivity contribution is 5.76. The van der Waals surface area contributed by atoms with E-state index >= 15 is 0 Å². The van der Waals surface area contributed by atoms with E-state index in [1.54, 1.807) is 6.08 Å². The summed E-state index contributed by atoms with van der Waals surface area (Å²) in [7, 11) is 0. The van der Waals surface area contributed by atoms with Crippen LogP contribution in [0.25, 0.3) is 0 Å². The van der Waals surface area contributed by atoms with E-state index in [0.29, 0.717) is 12.8 Å². The van der Waals surface area contributed by atoms with Crippen LogP contribution in [-0.4, -0.2) is 193 Å². The highest BCUT2D eigenvalue weighted by Crippen LogP contribution is 2.33. The fourth-order valence-electron chi connectivity index (χ4n) is 11.0. The summed E-state index contributed by atoms with van der Waals surface area (Å²) in [6, 6.07) is -0.984. The fourth-order valence-corrected chi connectivity index (χ4v) is 11.0. The summed E-state index contributed by atoms with van der Waals surface area (Å²) in [4.78, 5) is 13.2. The topological polar surface area (TPSA) is 307 Å². The molecule has 17 unspecified atom stereocenters. The molecule has 17 atom stereocenters. The molecule has 19 nitrogen and oxygen atoms in total. The largest absolute Gasteiger partial charge is 0.394 e. The molecule has 3 saturated heterocycles. The van der Waals surface area contributed by atoms with Gasteiger partial charge in [0, 0.05) is 6.42 Å². The molecule has 0 aliphatic carbocycles. The maximum atomic E-state index is 13.2. The van der Waals surface area contributed by atoms with Crippen LogP contribution in [0.15, 0.2) is 24.3 Å². The van der Waals surface area contributed by atoms with Gasteiger partial charge in [0.25, 0.3) is 0 Å². The number of nitrogens with one attached hydrogen (secondary N) is 1. The quantitative estimate of drug-likeness (QED) is 0.0222. The second kappa shape index (κ2) is 45.6. The smallest absolute Gasteiger partial charge is 0.220 e. The standard InChI is InChI=1S/C62H115NO18/c1-3-5-7-9-11-13-14-15-16-17-18-19-20-21-22-23-24-25-26-27-28-29-30-32-33-35-37-39-46(67)45(63-50(68)40-38-36-34-31-12-10-8-6-4-2)44-76-60-56(74)53(71)58(48(42-65)78-60)81-62-57(75)54(72)59(49(43-66)79-62)80-61-55(73)52(70)51(69)47(41-64)77-61/h30,32,37,39,45-49,51-62,64-67,69-75H,3-29,31,33-36,38,40-44H2,1-2H3,(H,63,68)/b32-30+,39-37+. The van der Waals surface area contributed by atoms with Gasteiger partial charge in [-0.1, -0.05) is 218 Å². The Hall–Kier alpha value is -1.73. The molecule has 0 aromatic rings. The lowest BCUT2D eigenvalue weighted by atomic mass is 9.96. The number of carbonyl (C=O) groups is 1. The van der Waals surface area contributed by atoms with E-state index in [1.165, 1.54) is 161 Å². The van der Waals surface area contributed by atoms with Gasteiger partial charge < -0.3 is 89.9 Å². The first kappa shape index (κ1) is 73.5. The SMILES string of the molecule is CCCCCCCCCCCCCCCCCCCCCCC/C=C/CC/C=C/C(O)C(COC1OC(CO)C(OC2OC(CO)C(OC3OC(CO)C(O)C(O)C3O)C(O)C2O)C(O)C1O)NC(=O)CCCCCCCCCCC. The van der Waals surface area contributed by atoms with E-state index in [2.05, 4.69) is 31.3 Å². The molecule has 3 fully saturated rings. The molecule has 0 spiro atoms. The second-order valence-electron chi connectivity index (χ2n) is 23.2. The zero-order valence-corrected chi connectivity index (χ0v) is 49.8. The Morgan fingerprint density at radius 3 is 1.23 bits per heavy atom. The Bertz CT molecular complexity index is 1580. The predicted molar refractivity (Wildman–Crippen MR) is 310 cm³/mol. The van der Waals surface area contributed by atoms with Crippen molar-refractivity contribution < 1.29 is 89.4 Å². The average Bonchev–Trinajstić information content (AvgIpc) is 3.46. The Balaban J connectivity index is 1.42. The Kier molecular flexibility index (Phi) is 41.4. The normalized spacial score (nSPS) is 29.9. The van der Waals surface area contributed by atoms with Crippen LogP contribution in [0.2, 0.25) is 0 Å². The van der Waals surface area contributed by atoms with Crippen molar-refractivity contribution in [1.82, 2.24) is 5.32 Å². The van der Waals surface area contributed by atoms with E-state index in [-0.39, 0.29) is 18.9 Å². The van der Waals surface area contributed by atoms with Crippen molar-refractivity contribution in [3.63, 3.8) is 0 Å². The molecule has 1 amide bonds. The van der Waals surface area contributed by atoms with Gasteiger partial charge >= 0.3 is 0 Å². The zero-order valence-electron chi connectivity index (χ0n) is 49.8. The number of aliphatic hydroxyl groups is 11. The number of ether oxygens (including phenoxy) is 6. The van der Waals surface area contributed by atoms with Crippen molar-refractivity contribution in [3.8, 4) is 0 Å². The first-order chi connectivity index (χ1) is 39.3. The Labute approximate surface area is 486 Å². The van der Waals surface area contributed by atoms with Crippen LogP contribution in [-0.2, 0) is 33.2 Å². The molecule has 3 aliphatic heterocycles. The number of hydrogen-bond donors (Lipinski definition) is 12. The third kappa shape index (κ3) is 29.0. The Morgan fingerprint density at radius 2 is 0.790 bits per heavy atom. The third-order valence-corrected chi connectivity index (χ3v) is 16.3. The van der Waals surface area contributed by atoms with E-state index in [4.69, 9.17) is 28.4 Å². The number of rotatable bonds is 48. The van der Waals surface area contributed by atoms with Crippen LogP contribution in [0.1, 0.15) is 232 Å². The molecule has 3 rings (SSSR count). The first-order valence-electron chi connectivity index (χ1n) is 32.1. The van der Waals surface area contributed by atoms with Gasteiger partial charge in [-0.2, -0.15) is 0 Å². The zero-order chi connectivity index (χ0) is 59.0. The van der Waals surface area contributed by atoms with Gasteiger partial charge in [-0.05, 0) is 32.1 Å². The number of allylic oxidation sites excluding steroid dienone is 3. The van der Waals surface area contributed by atoms with Crippen LogP contribution in [0.5, 0.6) is 0 Å². The summed E-state index contributed by atoms with van der Waals surface area (Å²) >= 11 is 0. The lowest BCUT2D eigenvalue weighted by Gasteiger charge is -2.48. The first-order valence-corrected chi connectivity index (χ1v) is 32.1. The van der Waals surface area contributed by atoms with Crippen molar-refractivity contribution >= 4 is 5.91 Å². The minimum absolute atomic E-state index is 0.238. The van der Waals surface area contributed by atoms with Crippen LogP contribution >= 0.6 is 0 Å². The molecule has 0 bridgehead atoms. The summed E-state index contributed by atoms with van der Waals surface area (Å²) in [6.07, 6.45) is 22.0. The van der Waals surface area contributed by atoms with Crippen LogP contribution in [0.4, 0.5) is 0 Å². The molecular weight excluding hydrogens is 1050 g/mol. The van der Waals surface area contributed by atoms with Gasteiger partial charge in [-0.15, -0.1) is 0 Å². The molecule has 0 radical (unpaired) electrons. The molecule has 0 aromatic carbocycles. The number of carbonyl (C=O) groups excluding carboxylic acids is 1. The van der Waals surface area contributed by atoms with Gasteiger partial charge in [0.15, 0.2) is 18.9 Å². The van der Waals surface area contributed by atoms with Crippen LogP contribution in [0, 0.1) is 0 Å². The number of aliphatic hydroxyl groups excluding tert-OH is 11. The number of amides is 1. The second-order valence-corrected chi connectivity index (χ2v) is 23.2. The van der Waals surface area contributed by atoms with Gasteiger partial charge in [0.05, 0.1) is 38.6 Å². The maximum Gasteiger partial charge on any atom is 0.220 e. The monoisotopic (exact) mass is 1160 g/mol. The lowest BCUT2D eigenvalue weighted by Crippen LogP contribution is -2.66. The number of hydrogen-bond acceptors (Lipinski definition) is 18. The van der Waals surface area contributed by atoms with Crippen molar-refractivity contribution in [3.05, 3.63) is 24.3 Å². The van der Waals surface area contributed by atoms with Crippen molar-refractivity contribution in [2.75, 3.05) is 26.4 Å². The van der Waals surface area contributed by atoms with Gasteiger partial charge in [0.1, 0.15) is 73.2 Å². The highest BCUT2D eigenvalue weighted by Gasteiger charge is 2.53.